The van der Waals surface area contributed by atoms with E-state index in [1.54, 1.807) is 35.0 Å². The van der Waals surface area contributed by atoms with Crippen LogP contribution in [0.2, 0.25) is 0 Å². The average molecular weight is 284 g/mol. The normalized spacial score (nSPS) is 10.9. The highest BCUT2D eigenvalue weighted by atomic mass is 16.5. The van der Waals surface area contributed by atoms with Crippen molar-refractivity contribution in [3.63, 3.8) is 0 Å². The van der Waals surface area contributed by atoms with Crippen LogP contribution < -0.4 is 5.43 Å². The lowest BCUT2D eigenvalue weighted by Crippen LogP contribution is -2.18. The van der Waals surface area contributed by atoms with Gasteiger partial charge in [0.25, 0.3) is 0 Å². The molecule has 0 fully saturated rings. The first-order valence-electron chi connectivity index (χ1n) is 6.43. The minimum absolute atomic E-state index is 0.225. The van der Waals surface area contributed by atoms with E-state index in [1.807, 2.05) is 6.92 Å². The SMILES string of the molecule is CCn1cc(C(=O)O)c(=O)c2ccc(-c3ccno3)cc21. The zero-order chi connectivity index (χ0) is 15.0. The lowest BCUT2D eigenvalue weighted by Gasteiger charge is -2.10. The number of pyridine rings is 1. The maximum atomic E-state index is 12.2. The quantitative estimate of drug-likeness (QED) is 0.798. The molecule has 0 saturated carbocycles. The van der Waals surface area contributed by atoms with Gasteiger partial charge in [-0.2, -0.15) is 0 Å². The first-order chi connectivity index (χ1) is 10.1. The molecule has 3 aromatic rings. The molecule has 0 saturated heterocycles. The number of fused-ring (bicyclic) bond motifs is 1. The van der Waals surface area contributed by atoms with Crippen molar-refractivity contribution in [3.8, 4) is 11.3 Å². The fourth-order valence-electron chi connectivity index (χ4n) is 2.32. The highest BCUT2D eigenvalue weighted by Crippen LogP contribution is 2.23. The van der Waals surface area contributed by atoms with Crippen LogP contribution in [0.15, 0.2) is 46.0 Å². The number of aromatic carboxylic acids is 1. The zero-order valence-electron chi connectivity index (χ0n) is 11.2. The minimum Gasteiger partial charge on any atom is -0.477 e. The highest BCUT2D eigenvalue weighted by molar-refractivity contribution is 5.93. The van der Waals surface area contributed by atoms with Crippen LogP contribution in [0.1, 0.15) is 17.3 Å². The number of nitrogens with zero attached hydrogens (tertiary/aromatic N) is 2. The summed E-state index contributed by atoms with van der Waals surface area (Å²) in [4.78, 5) is 23.4. The van der Waals surface area contributed by atoms with Crippen LogP contribution in [0.5, 0.6) is 0 Å². The van der Waals surface area contributed by atoms with E-state index in [0.29, 0.717) is 23.2 Å². The summed E-state index contributed by atoms with van der Waals surface area (Å²) in [6.07, 6.45) is 2.91. The van der Waals surface area contributed by atoms with Gasteiger partial charge in [-0.25, -0.2) is 4.79 Å². The number of carboxylic acid groups (broad SMARTS) is 1. The lowest BCUT2D eigenvalue weighted by atomic mass is 10.1. The third-order valence-electron chi connectivity index (χ3n) is 3.37. The summed E-state index contributed by atoms with van der Waals surface area (Å²) < 4.78 is 6.84. The molecule has 0 atom stereocenters. The van der Waals surface area contributed by atoms with Crippen LogP contribution >= 0.6 is 0 Å². The second-order valence-electron chi connectivity index (χ2n) is 4.57. The number of aromatic nitrogens is 2. The summed E-state index contributed by atoms with van der Waals surface area (Å²) >= 11 is 0. The number of carboxylic acids is 1. The van der Waals surface area contributed by atoms with Gasteiger partial charge in [0.1, 0.15) is 5.56 Å². The van der Waals surface area contributed by atoms with Gasteiger partial charge >= 0.3 is 5.97 Å². The summed E-state index contributed by atoms with van der Waals surface area (Å²) in [6, 6.07) is 6.86. The van der Waals surface area contributed by atoms with Gasteiger partial charge in [-0.15, -0.1) is 0 Å². The van der Waals surface area contributed by atoms with Crippen molar-refractivity contribution in [2.45, 2.75) is 13.5 Å². The minimum atomic E-state index is -1.22. The molecule has 0 spiro atoms. The van der Waals surface area contributed by atoms with Crippen LogP contribution in [0.25, 0.3) is 22.2 Å². The Bertz CT molecular complexity index is 879. The summed E-state index contributed by atoms with van der Waals surface area (Å²) in [7, 11) is 0. The zero-order valence-corrected chi connectivity index (χ0v) is 11.2. The fraction of sp³-hybridized carbons (Fsp3) is 0.133. The fourth-order valence-corrected chi connectivity index (χ4v) is 2.32. The first kappa shape index (κ1) is 13.1. The van der Waals surface area contributed by atoms with Crippen molar-refractivity contribution >= 4 is 16.9 Å². The first-order valence-corrected chi connectivity index (χ1v) is 6.43. The van der Waals surface area contributed by atoms with Crippen LogP contribution in [0, 0.1) is 0 Å². The number of hydrogen-bond acceptors (Lipinski definition) is 4. The van der Waals surface area contributed by atoms with E-state index < -0.39 is 11.4 Å². The molecule has 0 aliphatic rings. The van der Waals surface area contributed by atoms with Crippen molar-refractivity contribution in [2.24, 2.45) is 0 Å². The van der Waals surface area contributed by atoms with Gasteiger partial charge in [-0.05, 0) is 19.1 Å². The van der Waals surface area contributed by atoms with E-state index in [-0.39, 0.29) is 5.56 Å². The Balaban J connectivity index is 2.34. The van der Waals surface area contributed by atoms with Crippen LogP contribution in [0.3, 0.4) is 0 Å². The van der Waals surface area contributed by atoms with Crippen LogP contribution in [-0.4, -0.2) is 20.8 Å². The molecule has 21 heavy (non-hydrogen) atoms. The maximum Gasteiger partial charge on any atom is 0.341 e. The Morgan fingerprint density at radius 1 is 1.38 bits per heavy atom. The van der Waals surface area contributed by atoms with E-state index in [1.165, 1.54) is 6.20 Å². The number of rotatable bonds is 3. The molecule has 1 N–H and O–H groups in total. The molecule has 0 radical (unpaired) electrons. The number of carbonyl (C=O) groups is 1. The molecular weight excluding hydrogens is 272 g/mol. The molecule has 1 aromatic carbocycles. The summed E-state index contributed by atoms with van der Waals surface area (Å²) in [5, 5.41) is 13.1. The molecular formula is C15H12N2O4. The van der Waals surface area contributed by atoms with Gasteiger partial charge in [-0.3, -0.25) is 4.79 Å². The standard InChI is InChI=1S/C15H12N2O4/c1-2-17-8-11(15(19)20)14(18)10-4-3-9(7-12(10)17)13-5-6-16-21-13/h3-8H,2H2,1H3,(H,19,20). The number of aryl methyl sites for hydroxylation is 1. The monoisotopic (exact) mass is 284 g/mol. The second kappa shape index (κ2) is 4.90. The van der Waals surface area contributed by atoms with Crippen molar-refractivity contribution in [2.75, 3.05) is 0 Å². The molecule has 106 valence electrons. The molecule has 3 rings (SSSR count). The Morgan fingerprint density at radius 3 is 2.81 bits per heavy atom. The number of benzene rings is 1. The van der Waals surface area contributed by atoms with Crippen molar-refractivity contribution in [3.05, 3.63) is 52.4 Å². The molecule has 0 bridgehead atoms. The Morgan fingerprint density at radius 2 is 2.19 bits per heavy atom. The Kier molecular flexibility index (Phi) is 3.06. The molecule has 6 nitrogen and oxygen atoms in total. The second-order valence-corrected chi connectivity index (χ2v) is 4.57. The predicted molar refractivity (Wildman–Crippen MR) is 76.3 cm³/mol. The molecule has 0 amide bonds. The largest absolute Gasteiger partial charge is 0.477 e. The third kappa shape index (κ3) is 2.10. The smallest absolute Gasteiger partial charge is 0.341 e. The van der Waals surface area contributed by atoms with Crippen molar-refractivity contribution in [1.29, 1.82) is 0 Å². The van der Waals surface area contributed by atoms with Crippen molar-refractivity contribution < 1.29 is 14.4 Å². The molecule has 0 aliphatic carbocycles. The van der Waals surface area contributed by atoms with Crippen LogP contribution in [-0.2, 0) is 6.54 Å². The van der Waals surface area contributed by atoms with E-state index in [4.69, 9.17) is 9.63 Å². The van der Waals surface area contributed by atoms with Crippen LogP contribution in [0.4, 0.5) is 0 Å². The molecule has 2 heterocycles. The summed E-state index contributed by atoms with van der Waals surface area (Å²) in [6.45, 7) is 2.44. The van der Waals surface area contributed by atoms with Gasteiger partial charge in [0.15, 0.2) is 5.76 Å². The van der Waals surface area contributed by atoms with E-state index in [0.717, 1.165) is 5.56 Å². The van der Waals surface area contributed by atoms with Crippen molar-refractivity contribution in [1.82, 2.24) is 9.72 Å². The maximum absolute atomic E-state index is 12.2. The van der Waals surface area contributed by atoms with Gasteiger partial charge in [0.05, 0.1) is 11.7 Å². The van der Waals surface area contributed by atoms with E-state index in [2.05, 4.69) is 5.16 Å². The molecule has 6 heteroatoms. The number of hydrogen-bond donors (Lipinski definition) is 1. The summed E-state index contributed by atoms with van der Waals surface area (Å²) in [5.74, 6) is -0.627. The van der Waals surface area contributed by atoms with Gasteiger partial charge in [-0.1, -0.05) is 11.2 Å². The van der Waals surface area contributed by atoms with Gasteiger partial charge in [0, 0.05) is 29.8 Å². The van der Waals surface area contributed by atoms with Gasteiger partial charge < -0.3 is 14.2 Å². The topological polar surface area (TPSA) is 85.3 Å². The van der Waals surface area contributed by atoms with E-state index >= 15 is 0 Å². The molecule has 0 unspecified atom stereocenters. The summed E-state index contributed by atoms with van der Waals surface area (Å²) in [5.41, 5.74) is 0.745. The third-order valence-corrected chi connectivity index (χ3v) is 3.37. The highest BCUT2D eigenvalue weighted by Gasteiger charge is 2.15. The Labute approximate surface area is 119 Å². The average Bonchev–Trinajstić information content (AvgIpc) is 3.01. The lowest BCUT2D eigenvalue weighted by molar-refractivity contribution is 0.0695. The van der Waals surface area contributed by atoms with E-state index in [9.17, 15) is 9.59 Å². The van der Waals surface area contributed by atoms with Gasteiger partial charge in [0.2, 0.25) is 5.43 Å². The molecule has 0 aliphatic heterocycles. The predicted octanol–water partition coefficient (Wildman–Crippen LogP) is 2.37. The molecule has 2 aromatic heterocycles. The Hall–Kier alpha value is -2.89.